The summed E-state index contributed by atoms with van der Waals surface area (Å²) in [7, 11) is 0. The SMILES string of the molecule is CC(C)[C@@H](C)[C@@]1(C)CC[C@]2(C)[C@H]3CC[C@@H]4[C@@]5(C)COC[C@@]4(C3=CC[C@@]2(C)[C@@H]1C(=O)O)[C@@H](OC[C@](C)(N)C(C)C)[C@H](n1ncnc1C(=O)NCc1ccccc1)C5. The van der Waals surface area contributed by atoms with Gasteiger partial charge in [-0.25, -0.2) is 9.67 Å². The van der Waals surface area contributed by atoms with E-state index in [0.29, 0.717) is 38.7 Å². The Kier molecular flexibility index (Phi) is 10.5. The van der Waals surface area contributed by atoms with Crippen molar-refractivity contribution in [1.82, 2.24) is 20.1 Å². The Morgan fingerprint density at radius 2 is 1.77 bits per heavy atom. The van der Waals surface area contributed by atoms with E-state index in [-0.39, 0.29) is 57.7 Å². The fourth-order valence-electron chi connectivity index (χ4n) is 13.0. The van der Waals surface area contributed by atoms with Gasteiger partial charge in [0.25, 0.3) is 5.91 Å². The minimum Gasteiger partial charge on any atom is -0.481 e. The molecule has 0 unspecified atom stereocenters. The third-order valence-corrected chi connectivity index (χ3v) is 17.3. The van der Waals surface area contributed by atoms with Gasteiger partial charge in [-0.05, 0) is 102 Å². The monoisotopic (exact) mass is 772 g/mol. The van der Waals surface area contributed by atoms with Gasteiger partial charge < -0.3 is 25.6 Å². The number of hydrogen-bond acceptors (Lipinski definition) is 7. The minimum absolute atomic E-state index is 0.160. The maximum absolute atomic E-state index is 14.0. The van der Waals surface area contributed by atoms with E-state index in [1.807, 2.05) is 35.0 Å². The Morgan fingerprint density at radius 1 is 1.05 bits per heavy atom. The van der Waals surface area contributed by atoms with Gasteiger partial charge in [0.15, 0.2) is 0 Å². The van der Waals surface area contributed by atoms with Gasteiger partial charge in [-0.1, -0.05) is 104 Å². The van der Waals surface area contributed by atoms with Crippen molar-refractivity contribution < 1.29 is 24.2 Å². The van der Waals surface area contributed by atoms with Crippen LogP contribution in [0.4, 0.5) is 0 Å². The first kappa shape index (κ1) is 41.1. The molecule has 1 amide bonds. The van der Waals surface area contributed by atoms with Crippen LogP contribution >= 0.6 is 0 Å². The molecule has 5 aliphatic rings. The smallest absolute Gasteiger partial charge is 0.307 e. The number of carboxylic acids is 1. The first-order chi connectivity index (χ1) is 26.3. The minimum atomic E-state index is -0.662. The first-order valence-electron chi connectivity index (χ1n) is 21.4. The van der Waals surface area contributed by atoms with Gasteiger partial charge in [0.1, 0.15) is 6.33 Å². The average Bonchev–Trinajstić information content (AvgIpc) is 3.63. The highest BCUT2D eigenvalue weighted by molar-refractivity contribution is 5.90. The highest BCUT2D eigenvalue weighted by atomic mass is 16.5. The quantitative estimate of drug-likeness (QED) is 0.195. The lowest BCUT2D eigenvalue weighted by molar-refractivity contribution is -0.254. The van der Waals surface area contributed by atoms with Crippen LogP contribution in [0.1, 0.15) is 130 Å². The molecule has 0 radical (unpaired) electrons. The molecule has 1 aliphatic heterocycles. The number of fused-ring (bicyclic) bond motifs is 3. The Morgan fingerprint density at radius 3 is 2.43 bits per heavy atom. The first-order valence-corrected chi connectivity index (χ1v) is 21.4. The second-order valence-electron chi connectivity index (χ2n) is 20.7. The lowest BCUT2D eigenvalue weighted by Crippen LogP contribution is -2.70. The molecule has 10 nitrogen and oxygen atoms in total. The molecule has 10 heteroatoms. The number of rotatable bonds is 11. The molecule has 1 saturated heterocycles. The van der Waals surface area contributed by atoms with E-state index in [1.54, 1.807) is 0 Å². The van der Waals surface area contributed by atoms with Crippen molar-refractivity contribution in [3.63, 3.8) is 0 Å². The van der Waals surface area contributed by atoms with Gasteiger partial charge in [-0.2, -0.15) is 5.10 Å². The summed E-state index contributed by atoms with van der Waals surface area (Å²) in [5, 5.41) is 19.1. The third kappa shape index (κ3) is 6.13. The van der Waals surface area contributed by atoms with Gasteiger partial charge >= 0.3 is 5.97 Å². The van der Waals surface area contributed by atoms with Crippen LogP contribution in [-0.2, 0) is 20.8 Å². The van der Waals surface area contributed by atoms with Crippen molar-refractivity contribution in [3.05, 3.63) is 59.7 Å². The number of amides is 1. The van der Waals surface area contributed by atoms with E-state index < -0.39 is 34.4 Å². The van der Waals surface area contributed by atoms with Crippen molar-refractivity contribution >= 4 is 11.9 Å². The van der Waals surface area contributed by atoms with Crippen LogP contribution in [-0.4, -0.2) is 63.2 Å². The lowest BCUT2D eigenvalue weighted by atomic mass is 9.34. The van der Waals surface area contributed by atoms with Gasteiger partial charge in [-0.15, -0.1) is 0 Å². The van der Waals surface area contributed by atoms with Gasteiger partial charge in [0, 0.05) is 17.5 Å². The number of ether oxygens (including phenoxy) is 2. The summed E-state index contributed by atoms with van der Waals surface area (Å²) in [6.07, 6.45) is 8.81. The molecule has 3 saturated carbocycles. The van der Waals surface area contributed by atoms with Crippen molar-refractivity contribution in [2.75, 3.05) is 19.8 Å². The molecule has 4 fully saturated rings. The molecule has 0 spiro atoms. The van der Waals surface area contributed by atoms with Crippen molar-refractivity contribution in [2.24, 2.45) is 68.3 Å². The number of aromatic nitrogens is 3. The topological polar surface area (TPSA) is 142 Å². The maximum atomic E-state index is 14.0. The van der Waals surface area contributed by atoms with Crippen LogP contribution in [0, 0.1) is 62.6 Å². The van der Waals surface area contributed by atoms with E-state index in [0.717, 1.165) is 37.7 Å². The van der Waals surface area contributed by atoms with Crippen LogP contribution in [0.5, 0.6) is 0 Å². The zero-order valence-electron chi connectivity index (χ0n) is 35.7. The maximum Gasteiger partial charge on any atom is 0.307 e. The van der Waals surface area contributed by atoms with Crippen LogP contribution < -0.4 is 11.1 Å². The van der Waals surface area contributed by atoms with E-state index in [1.165, 1.54) is 11.9 Å². The van der Waals surface area contributed by atoms with E-state index in [2.05, 4.69) is 85.6 Å². The fraction of sp³-hybridized carbons (Fsp3) is 0.739. The number of carboxylic acid groups (broad SMARTS) is 1. The summed E-state index contributed by atoms with van der Waals surface area (Å²) >= 11 is 0. The molecular weight excluding hydrogens is 703 g/mol. The molecule has 1 aromatic heterocycles. The number of carbonyl (C=O) groups is 2. The standard InChI is InChI=1S/C46H69N5O5/c1-28(2)30(5)42(7)20-21-43(8)32-16-17-35-41(6)22-34(51-38(49-27-50-51)39(52)48-23-31-14-12-11-13-15-31)37(56-25-45(10,47)29(3)4)46(35,26-55-24-41)33(32)18-19-44(43,9)36(42)40(53)54/h11-15,18,27-30,32,34-37H,16-17,19-26,47H2,1-10H3,(H,48,52)(H,53,54)/t30-,32+,34-,35-,36-,37+,41-,42-,43-,44+,45+,46+/m1/s1. The van der Waals surface area contributed by atoms with Crippen LogP contribution in [0.3, 0.4) is 0 Å². The number of hydrogen-bond donors (Lipinski definition) is 3. The summed E-state index contributed by atoms with van der Waals surface area (Å²) < 4.78 is 15.9. The van der Waals surface area contributed by atoms with Gasteiger partial charge in [0.2, 0.25) is 5.82 Å². The van der Waals surface area contributed by atoms with E-state index >= 15 is 0 Å². The van der Waals surface area contributed by atoms with Crippen LogP contribution in [0.2, 0.25) is 0 Å². The Balaban J connectivity index is 1.35. The number of allylic oxidation sites excluding steroid dienone is 1. The zero-order valence-corrected chi connectivity index (χ0v) is 35.7. The molecule has 4 aliphatic carbocycles. The number of benzene rings is 1. The molecular formula is C46H69N5O5. The summed E-state index contributed by atoms with van der Waals surface area (Å²) in [6, 6.07) is 9.58. The average molecular weight is 772 g/mol. The van der Waals surface area contributed by atoms with Gasteiger partial charge in [-0.3, -0.25) is 9.59 Å². The number of nitrogens with two attached hydrogens (primary N) is 1. The summed E-state index contributed by atoms with van der Waals surface area (Å²) in [5.74, 6) is 0.109. The molecule has 2 bridgehead atoms. The summed E-state index contributed by atoms with van der Waals surface area (Å²) in [5.41, 5.74) is 7.00. The molecule has 1 aromatic carbocycles. The molecule has 4 N–H and O–H groups in total. The molecule has 308 valence electrons. The summed E-state index contributed by atoms with van der Waals surface area (Å²) in [6.45, 7) is 24.2. The molecule has 2 aromatic rings. The number of aliphatic carboxylic acids is 1. The molecule has 12 atom stereocenters. The predicted molar refractivity (Wildman–Crippen MR) is 217 cm³/mol. The van der Waals surface area contributed by atoms with Gasteiger partial charge in [0.05, 0.1) is 37.9 Å². The normalized spacial score (nSPS) is 39.4. The molecule has 2 heterocycles. The Hall–Kier alpha value is -3.08. The van der Waals surface area contributed by atoms with Crippen LogP contribution in [0.25, 0.3) is 0 Å². The van der Waals surface area contributed by atoms with Crippen molar-refractivity contribution in [3.8, 4) is 0 Å². The number of nitrogens with zero attached hydrogens (tertiary/aromatic N) is 3. The second-order valence-corrected chi connectivity index (χ2v) is 20.7. The predicted octanol–water partition coefficient (Wildman–Crippen LogP) is 8.10. The third-order valence-electron chi connectivity index (χ3n) is 17.3. The number of nitrogens with one attached hydrogen (secondary N) is 1. The zero-order chi connectivity index (χ0) is 40.6. The largest absolute Gasteiger partial charge is 0.481 e. The lowest BCUT2D eigenvalue weighted by Gasteiger charge is -2.71. The Labute approximate surface area is 335 Å². The van der Waals surface area contributed by atoms with E-state index in [9.17, 15) is 14.7 Å². The van der Waals surface area contributed by atoms with Crippen molar-refractivity contribution in [2.45, 2.75) is 132 Å². The highest BCUT2D eigenvalue weighted by Gasteiger charge is 2.73. The molecule has 56 heavy (non-hydrogen) atoms. The van der Waals surface area contributed by atoms with Crippen molar-refractivity contribution in [1.29, 1.82) is 0 Å². The Bertz CT molecular complexity index is 1820. The highest BCUT2D eigenvalue weighted by Crippen LogP contribution is 2.75. The van der Waals surface area contributed by atoms with Crippen LogP contribution in [0.15, 0.2) is 48.3 Å². The molecule has 7 rings (SSSR count). The summed E-state index contributed by atoms with van der Waals surface area (Å²) in [4.78, 5) is 32.2. The van der Waals surface area contributed by atoms with E-state index in [4.69, 9.17) is 20.3 Å². The fourth-order valence-corrected chi connectivity index (χ4v) is 13.0. The second kappa shape index (κ2) is 14.3. The number of carbonyl (C=O) groups excluding carboxylic acids is 1.